The van der Waals surface area contributed by atoms with Crippen molar-refractivity contribution in [2.75, 3.05) is 4.90 Å². The summed E-state index contributed by atoms with van der Waals surface area (Å²) in [6.45, 7) is 0. The predicted molar refractivity (Wildman–Crippen MR) is 233 cm³/mol. The highest BCUT2D eigenvalue weighted by Gasteiger charge is 2.21. The highest BCUT2D eigenvalue weighted by molar-refractivity contribution is 7.25. The second kappa shape index (κ2) is 13.7. The molecule has 0 aliphatic heterocycles. The minimum absolute atomic E-state index is 1.10. The summed E-state index contributed by atoms with van der Waals surface area (Å²) in [6, 6.07) is 77.2. The number of benzene rings is 9. The maximum Gasteiger partial charge on any atom is 0.0540 e. The first-order valence-electron chi connectivity index (χ1n) is 18.4. The Labute approximate surface area is 319 Å². The van der Waals surface area contributed by atoms with Crippen LogP contribution in [0.5, 0.6) is 0 Å². The van der Waals surface area contributed by atoms with Crippen LogP contribution in [0.25, 0.3) is 75.5 Å². The highest BCUT2D eigenvalue weighted by Crippen LogP contribution is 2.46. The van der Waals surface area contributed by atoms with Crippen molar-refractivity contribution in [3.63, 3.8) is 0 Å². The van der Waals surface area contributed by atoms with E-state index >= 15 is 0 Å². The van der Waals surface area contributed by atoms with Crippen LogP contribution in [0.2, 0.25) is 0 Å². The Kier molecular flexibility index (Phi) is 8.09. The Morgan fingerprint density at radius 1 is 0.296 bits per heavy atom. The van der Waals surface area contributed by atoms with E-state index in [0.29, 0.717) is 0 Å². The summed E-state index contributed by atoms with van der Waals surface area (Å²) in [5, 5.41) is 5.13. The third-order valence-electron chi connectivity index (χ3n) is 10.5. The van der Waals surface area contributed by atoms with E-state index < -0.39 is 0 Å². The number of rotatable bonds is 7. The van der Waals surface area contributed by atoms with Crippen LogP contribution in [-0.4, -0.2) is 0 Å². The molecule has 0 saturated heterocycles. The van der Waals surface area contributed by atoms with Gasteiger partial charge in [0.05, 0.1) is 11.4 Å². The molecule has 0 amide bonds. The Bertz CT molecular complexity index is 2920. The van der Waals surface area contributed by atoms with E-state index in [1.165, 1.54) is 75.5 Å². The van der Waals surface area contributed by atoms with Crippen molar-refractivity contribution >= 4 is 59.3 Å². The number of nitrogens with zero attached hydrogens (tertiary/aromatic N) is 1. The van der Waals surface area contributed by atoms with Gasteiger partial charge in [-0.25, -0.2) is 0 Å². The van der Waals surface area contributed by atoms with Crippen LogP contribution >= 0.6 is 11.3 Å². The van der Waals surface area contributed by atoms with Crippen molar-refractivity contribution in [1.29, 1.82) is 0 Å². The standard InChI is InChI=1S/C52H35NS/c1-2-13-36(14-3-1)37-25-27-40(28-26-37)45-18-6-9-22-49(45)53(42-32-29-39(30-33-42)44-21-12-16-38-15-4-5-17-43(38)44)50-23-10-7-19-46(50)41-31-34-48-47-20-8-11-24-51(47)54-52(48)35-41/h1-35H. The molecule has 10 aromatic rings. The average Bonchev–Trinajstić information content (AvgIpc) is 3.63. The molecule has 1 aromatic heterocycles. The van der Waals surface area contributed by atoms with Crippen molar-refractivity contribution in [1.82, 2.24) is 0 Å². The van der Waals surface area contributed by atoms with Gasteiger partial charge in [0.2, 0.25) is 0 Å². The molecule has 10 rings (SSSR count). The second-order valence-corrected chi connectivity index (χ2v) is 14.8. The first-order chi connectivity index (χ1) is 26.8. The number of hydrogen-bond acceptors (Lipinski definition) is 2. The molecule has 1 nitrogen and oxygen atoms in total. The van der Waals surface area contributed by atoms with Crippen molar-refractivity contribution in [2.24, 2.45) is 0 Å². The van der Waals surface area contributed by atoms with Crippen LogP contribution in [0.1, 0.15) is 0 Å². The Morgan fingerprint density at radius 2 is 0.796 bits per heavy atom. The SMILES string of the molecule is c1ccc(-c2ccc(-c3ccccc3N(c3ccc(-c4cccc5ccccc45)cc3)c3ccccc3-c3ccc4c(c3)sc3ccccc34)cc2)cc1. The van der Waals surface area contributed by atoms with Gasteiger partial charge in [0.15, 0.2) is 0 Å². The fourth-order valence-electron chi connectivity index (χ4n) is 7.87. The Balaban J connectivity index is 1.14. The maximum absolute atomic E-state index is 2.44. The van der Waals surface area contributed by atoms with Gasteiger partial charge >= 0.3 is 0 Å². The van der Waals surface area contributed by atoms with E-state index in [0.717, 1.165) is 17.1 Å². The zero-order valence-electron chi connectivity index (χ0n) is 29.6. The minimum Gasteiger partial charge on any atom is -0.309 e. The van der Waals surface area contributed by atoms with Crippen LogP contribution in [0, 0.1) is 0 Å². The van der Waals surface area contributed by atoms with Gasteiger partial charge in [0.1, 0.15) is 0 Å². The fraction of sp³-hybridized carbons (Fsp3) is 0. The van der Waals surface area contributed by atoms with Gasteiger partial charge in [-0.15, -0.1) is 11.3 Å². The lowest BCUT2D eigenvalue weighted by Crippen LogP contribution is -2.12. The van der Waals surface area contributed by atoms with Gasteiger partial charge in [-0.3, -0.25) is 0 Å². The normalized spacial score (nSPS) is 11.3. The molecular weight excluding hydrogens is 671 g/mol. The summed E-state index contributed by atoms with van der Waals surface area (Å²) in [5.41, 5.74) is 12.9. The highest BCUT2D eigenvalue weighted by atomic mass is 32.1. The monoisotopic (exact) mass is 705 g/mol. The first kappa shape index (κ1) is 32.0. The van der Waals surface area contributed by atoms with Crippen LogP contribution in [0.4, 0.5) is 17.1 Å². The van der Waals surface area contributed by atoms with Gasteiger partial charge in [0.25, 0.3) is 0 Å². The molecular formula is C52H35NS. The lowest BCUT2D eigenvalue weighted by Gasteiger charge is -2.30. The predicted octanol–water partition coefficient (Wildman–Crippen LogP) is 15.3. The minimum atomic E-state index is 1.10. The fourth-order valence-corrected chi connectivity index (χ4v) is 9.01. The van der Waals surface area contributed by atoms with E-state index in [1.807, 2.05) is 11.3 Å². The molecule has 0 radical (unpaired) electrons. The van der Waals surface area contributed by atoms with E-state index in [9.17, 15) is 0 Å². The molecule has 0 fully saturated rings. The zero-order chi connectivity index (χ0) is 35.8. The zero-order valence-corrected chi connectivity index (χ0v) is 30.4. The molecule has 1 heterocycles. The number of hydrogen-bond donors (Lipinski definition) is 0. The third kappa shape index (κ3) is 5.74. The number of para-hydroxylation sites is 2. The Morgan fingerprint density at radius 3 is 1.57 bits per heavy atom. The van der Waals surface area contributed by atoms with Crippen LogP contribution in [0.3, 0.4) is 0 Å². The molecule has 0 atom stereocenters. The molecule has 2 heteroatoms. The molecule has 0 aliphatic carbocycles. The lowest BCUT2D eigenvalue weighted by atomic mass is 9.96. The molecule has 54 heavy (non-hydrogen) atoms. The topological polar surface area (TPSA) is 3.24 Å². The van der Waals surface area contributed by atoms with Gasteiger partial charge < -0.3 is 4.90 Å². The molecule has 0 bridgehead atoms. The lowest BCUT2D eigenvalue weighted by molar-refractivity contribution is 1.28. The van der Waals surface area contributed by atoms with Crippen LogP contribution in [0.15, 0.2) is 212 Å². The first-order valence-corrected chi connectivity index (χ1v) is 19.2. The summed E-state index contributed by atoms with van der Waals surface area (Å²) in [6.07, 6.45) is 0. The van der Waals surface area contributed by atoms with Gasteiger partial charge in [-0.1, -0.05) is 176 Å². The van der Waals surface area contributed by atoms with Crippen molar-refractivity contribution in [3.8, 4) is 44.5 Å². The summed E-state index contributed by atoms with van der Waals surface area (Å²) >= 11 is 1.86. The number of fused-ring (bicyclic) bond motifs is 4. The summed E-state index contributed by atoms with van der Waals surface area (Å²) < 4.78 is 2.62. The molecule has 0 saturated carbocycles. The molecule has 0 N–H and O–H groups in total. The summed E-state index contributed by atoms with van der Waals surface area (Å²) in [4.78, 5) is 2.44. The van der Waals surface area contributed by atoms with Crippen molar-refractivity contribution < 1.29 is 0 Å². The molecule has 9 aromatic carbocycles. The van der Waals surface area contributed by atoms with E-state index in [4.69, 9.17) is 0 Å². The van der Waals surface area contributed by atoms with Gasteiger partial charge in [-0.05, 0) is 80.6 Å². The molecule has 0 spiro atoms. The van der Waals surface area contributed by atoms with Crippen LogP contribution < -0.4 is 4.90 Å². The summed E-state index contributed by atoms with van der Waals surface area (Å²) in [5.74, 6) is 0. The van der Waals surface area contributed by atoms with E-state index in [-0.39, 0.29) is 0 Å². The van der Waals surface area contributed by atoms with Crippen LogP contribution in [-0.2, 0) is 0 Å². The van der Waals surface area contributed by atoms with Crippen molar-refractivity contribution in [2.45, 2.75) is 0 Å². The van der Waals surface area contributed by atoms with E-state index in [2.05, 4.69) is 217 Å². The number of thiophene rings is 1. The smallest absolute Gasteiger partial charge is 0.0540 e. The quantitative estimate of drug-likeness (QED) is 0.160. The summed E-state index contributed by atoms with van der Waals surface area (Å²) in [7, 11) is 0. The van der Waals surface area contributed by atoms with Gasteiger partial charge in [0, 0.05) is 37.0 Å². The molecule has 0 aliphatic rings. The van der Waals surface area contributed by atoms with E-state index in [1.54, 1.807) is 0 Å². The van der Waals surface area contributed by atoms with Crippen molar-refractivity contribution in [3.05, 3.63) is 212 Å². The molecule has 0 unspecified atom stereocenters. The number of anilines is 3. The van der Waals surface area contributed by atoms with Gasteiger partial charge in [-0.2, -0.15) is 0 Å². The molecule has 254 valence electrons. The second-order valence-electron chi connectivity index (χ2n) is 13.7. The maximum atomic E-state index is 2.44. The largest absolute Gasteiger partial charge is 0.309 e. The Hall–Kier alpha value is -6.74. The average molecular weight is 706 g/mol. The third-order valence-corrected chi connectivity index (χ3v) is 11.6.